The van der Waals surface area contributed by atoms with E-state index in [1.165, 1.54) is 16.7 Å². The highest BCUT2D eigenvalue weighted by Gasteiger charge is 2.20. The van der Waals surface area contributed by atoms with E-state index in [4.69, 9.17) is 4.74 Å². The van der Waals surface area contributed by atoms with Gasteiger partial charge in [0.2, 0.25) is 5.91 Å². The first-order chi connectivity index (χ1) is 9.16. The lowest BCUT2D eigenvalue weighted by Gasteiger charge is -2.22. The van der Waals surface area contributed by atoms with Gasteiger partial charge in [0.1, 0.15) is 6.10 Å². The van der Waals surface area contributed by atoms with Gasteiger partial charge in [0.15, 0.2) is 0 Å². The van der Waals surface area contributed by atoms with Gasteiger partial charge in [-0.3, -0.25) is 4.79 Å². The molecule has 1 unspecified atom stereocenters. The number of amides is 1. The van der Waals surface area contributed by atoms with Crippen LogP contribution in [0.15, 0.2) is 18.2 Å². The van der Waals surface area contributed by atoms with Crippen LogP contribution in [0.1, 0.15) is 16.7 Å². The van der Waals surface area contributed by atoms with Crippen molar-refractivity contribution in [2.45, 2.75) is 26.4 Å². The van der Waals surface area contributed by atoms with E-state index in [2.05, 4.69) is 42.7 Å². The molecule has 1 heterocycles. The average molecular weight is 262 g/mol. The third-order valence-electron chi connectivity index (χ3n) is 3.42. The van der Waals surface area contributed by atoms with Crippen molar-refractivity contribution in [3.05, 3.63) is 34.9 Å². The molecule has 0 aromatic heterocycles. The second kappa shape index (κ2) is 6.68. The fourth-order valence-electron chi connectivity index (χ4n) is 2.24. The molecule has 1 atom stereocenters. The van der Waals surface area contributed by atoms with Crippen LogP contribution in [0.5, 0.6) is 0 Å². The summed E-state index contributed by atoms with van der Waals surface area (Å²) in [5.74, 6) is -0.0162. The molecule has 1 aromatic carbocycles. The maximum atomic E-state index is 11.9. The van der Waals surface area contributed by atoms with Crippen molar-refractivity contribution >= 4 is 5.91 Å². The predicted molar refractivity (Wildman–Crippen MR) is 75.2 cm³/mol. The van der Waals surface area contributed by atoms with Crippen LogP contribution in [0, 0.1) is 13.8 Å². The molecule has 0 radical (unpaired) electrons. The Balaban J connectivity index is 1.79. The summed E-state index contributed by atoms with van der Waals surface area (Å²) in [6.45, 7) is 6.88. The summed E-state index contributed by atoms with van der Waals surface area (Å²) in [7, 11) is 0. The zero-order valence-electron chi connectivity index (χ0n) is 11.7. The molecular formula is C15H22N2O2. The minimum Gasteiger partial charge on any atom is -0.366 e. The summed E-state index contributed by atoms with van der Waals surface area (Å²) < 4.78 is 5.41. The van der Waals surface area contributed by atoms with Crippen LogP contribution in [0.3, 0.4) is 0 Å². The fraction of sp³-hybridized carbons (Fsp3) is 0.533. The van der Waals surface area contributed by atoms with Crippen molar-refractivity contribution in [2.24, 2.45) is 0 Å². The lowest BCUT2D eigenvalue weighted by Crippen LogP contribution is -2.48. The van der Waals surface area contributed by atoms with Crippen molar-refractivity contribution < 1.29 is 9.53 Å². The minimum absolute atomic E-state index is 0.0162. The number of aryl methyl sites for hydroxylation is 2. The second-order valence-electron chi connectivity index (χ2n) is 5.03. The SMILES string of the molecule is Cc1ccc(C)c(CCNC(=O)C2CNCCO2)c1. The van der Waals surface area contributed by atoms with Crippen LogP contribution in [0.4, 0.5) is 0 Å². The van der Waals surface area contributed by atoms with E-state index < -0.39 is 0 Å². The third kappa shape index (κ3) is 4.04. The minimum atomic E-state index is -0.340. The molecule has 1 aliphatic rings. The molecule has 1 saturated heterocycles. The molecule has 2 rings (SSSR count). The molecule has 1 aromatic rings. The van der Waals surface area contributed by atoms with Gasteiger partial charge in [0, 0.05) is 19.6 Å². The normalized spacial score (nSPS) is 19.2. The van der Waals surface area contributed by atoms with E-state index in [0.29, 0.717) is 19.7 Å². The molecule has 1 aliphatic heterocycles. The van der Waals surface area contributed by atoms with E-state index in [1.54, 1.807) is 0 Å². The number of carbonyl (C=O) groups excluding carboxylic acids is 1. The van der Waals surface area contributed by atoms with Crippen molar-refractivity contribution in [3.63, 3.8) is 0 Å². The quantitative estimate of drug-likeness (QED) is 0.849. The fourth-order valence-corrected chi connectivity index (χ4v) is 2.24. The Morgan fingerprint density at radius 1 is 1.47 bits per heavy atom. The average Bonchev–Trinajstić information content (AvgIpc) is 2.43. The van der Waals surface area contributed by atoms with Gasteiger partial charge in [0.05, 0.1) is 6.61 Å². The van der Waals surface area contributed by atoms with Crippen molar-refractivity contribution in [1.29, 1.82) is 0 Å². The maximum Gasteiger partial charge on any atom is 0.250 e. The smallest absolute Gasteiger partial charge is 0.250 e. The highest BCUT2D eigenvalue weighted by atomic mass is 16.5. The molecule has 0 spiro atoms. The molecule has 1 fully saturated rings. The van der Waals surface area contributed by atoms with Gasteiger partial charge < -0.3 is 15.4 Å². The molecule has 104 valence electrons. The molecule has 2 N–H and O–H groups in total. The van der Waals surface area contributed by atoms with E-state index in [-0.39, 0.29) is 12.0 Å². The summed E-state index contributed by atoms with van der Waals surface area (Å²) in [6, 6.07) is 6.42. The Morgan fingerprint density at radius 2 is 2.32 bits per heavy atom. The van der Waals surface area contributed by atoms with Crippen molar-refractivity contribution in [2.75, 3.05) is 26.2 Å². The van der Waals surface area contributed by atoms with Crippen LogP contribution in [-0.2, 0) is 16.0 Å². The maximum absolute atomic E-state index is 11.9. The Kier molecular flexibility index (Phi) is 4.93. The first-order valence-corrected chi connectivity index (χ1v) is 6.83. The molecule has 0 bridgehead atoms. The first kappa shape index (κ1) is 14.0. The van der Waals surface area contributed by atoms with Crippen molar-refractivity contribution in [3.8, 4) is 0 Å². The summed E-state index contributed by atoms with van der Waals surface area (Å²) in [4.78, 5) is 11.9. The molecule has 1 amide bonds. The largest absolute Gasteiger partial charge is 0.366 e. The summed E-state index contributed by atoms with van der Waals surface area (Å²) in [6.07, 6.45) is 0.520. The standard InChI is InChI=1S/C15H22N2O2/c1-11-3-4-12(2)13(9-11)5-6-17-15(18)14-10-16-7-8-19-14/h3-4,9,14,16H,5-8,10H2,1-2H3,(H,17,18). The first-order valence-electron chi connectivity index (χ1n) is 6.83. The topological polar surface area (TPSA) is 50.4 Å². The molecule has 4 heteroatoms. The van der Waals surface area contributed by atoms with E-state index >= 15 is 0 Å². The Bertz CT molecular complexity index is 440. The summed E-state index contributed by atoms with van der Waals surface area (Å²) in [5, 5.41) is 6.10. The van der Waals surface area contributed by atoms with Gasteiger partial charge in [-0.05, 0) is 31.4 Å². The van der Waals surface area contributed by atoms with Gasteiger partial charge in [-0.25, -0.2) is 0 Å². The molecule has 4 nitrogen and oxygen atoms in total. The summed E-state index contributed by atoms with van der Waals surface area (Å²) in [5.41, 5.74) is 3.82. The molecule has 0 aliphatic carbocycles. The van der Waals surface area contributed by atoms with Gasteiger partial charge in [-0.15, -0.1) is 0 Å². The monoisotopic (exact) mass is 262 g/mol. The predicted octanol–water partition coefficient (Wildman–Crippen LogP) is 0.951. The van der Waals surface area contributed by atoms with Gasteiger partial charge in [-0.1, -0.05) is 23.8 Å². The number of benzene rings is 1. The lowest BCUT2D eigenvalue weighted by atomic mass is 10.0. The number of morpholine rings is 1. The molecule has 19 heavy (non-hydrogen) atoms. The highest BCUT2D eigenvalue weighted by Crippen LogP contribution is 2.10. The van der Waals surface area contributed by atoms with E-state index in [0.717, 1.165) is 13.0 Å². The number of nitrogens with one attached hydrogen (secondary N) is 2. The van der Waals surface area contributed by atoms with Gasteiger partial charge in [0.25, 0.3) is 0 Å². The Labute approximate surface area is 114 Å². The van der Waals surface area contributed by atoms with Crippen LogP contribution in [-0.4, -0.2) is 38.3 Å². The van der Waals surface area contributed by atoms with Crippen LogP contribution in [0.25, 0.3) is 0 Å². The van der Waals surface area contributed by atoms with Crippen LogP contribution < -0.4 is 10.6 Å². The third-order valence-corrected chi connectivity index (χ3v) is 3.42. The van der Waals surface area contributed by atoms with E-state index in [9.17, 15) is 4.79 Å². The molecular weight excluding hydrogens is 240 g/mol. The number of rotatable bonds is 4. The summed E-state index contributed by atoms with van der Waals surface area (Å²) >= 11 is 0. The van der Waals surface area contributed by atoms with Gasteiger partial charge >= 0.3 is 0 Å². The second-order valence-corrected chi connectivity index (χ2v) is 5.03. The number of hydrogen-bond acceptors (Lipinski definition) is 3. The number of carbonyl (C=O) groups is 1. The zero-order valence-corrected chi connectivity index (χ0v) is 11.7. The van der Waals surface area contributed by atoms with E-state index in [1.807, 2.05) is 0 Å². The van der Waals surface area contributed by atoms with Crippen LogP contribution >= 0.6 is 0 Å². The lowest BCUT2D eigenvalue weighted by molar-refractivity contribution is -0.134. The van der Waals surface area contributed by atoms with Crippen LogP contribution in [0.2, 0.25) is 0 Å². The van der Waals surface area contributed by atoms with Gasteiger partial charge in [-0.2, -0.15) is 0 Å². The highest BCUT2D eigenvalue weighted by molar-refractivity contribution is 5.81. The Morgan fingerprint density at radius 3 is 3.05 bits per heavy atom. The Hall–Kier alpha value is -1.39. The number of ether oxygens (including phenoxy) is 1. The number of hydrogen-bond donors (Lipinski definition) is 2. The molecule has 0 saturated carbocycles. The zero-order chi connectivity index (χ0) is 13.7. The van der Waals surface area contributed by atoms with Crippen molar-refractivity contribution in [1.82, 2.24) is 10.6 Å².